The fraction of sp³-hybridized carbons (Fsp3) is 0.519. The number of nitrogens with one attached hydrogen (secondary N) is 2. The topological polar surface area (TPSA) is 80.8 Å². The summed E-state index contributed by atoms with van der Waals surface area (Å²) in [6.45, 7) is 10.3. The summed E-state index contributed by atoms with van der Waals surface area (Å²) in [5, 5.41) is 5.94. The molecule has 2 aliphatic rings. The minimum absolute atomic E-state index is 0.254. The Labute approximate surface area is 208 Å². The summed E-state index contributed by atoms with van der Waals surface area (Å²) in [6.07, 6.45) is 7.65. The van der Waals surface area contributed by atoms with Crippen LogP contribution >= 0.6 is 0 Å². The van der Waals surface area contributed by atoms with Crippen molar-refractivity contribution in [3.05, 3.63) is 48.2 Å². The molecule has 188 valence electrons. The highest BCUT2D eigenvalue weighted by molar-refractivity contribution is 6.16. The van der Waals surface area contributed by atoms with Crippen LogP contribution in [-0.2, 0) is 0 Å². The SMILES string of the molecule is CCCN(CCC)CC1CCCCN1CCNC(=O)N1c2ccccc2C(=O)Nc2ncccc21. The number of urea groups is 1. The molecular formula is C27H38N6O2. The zero-order valence-corrected chi connectivity index (χ0v) is 21.0. The van der Waals surface area contributed by atoms with E-state index in [1.165, 1.54) is 32.1 Å². The van der Waals surface area contributed by atoms with E-state index in [0.717, 1.165) is 32.7 Å². The van der Waals surface area contributed by atoms with Gasteiger partial charge >= 0.3 is 6.03 Å². The van der Waals surface area contributed by atoms with Gasteiger partial charge in [-0.25, -0.2) is 9.78 Å². The van der Waals surface area contributed by atoms with Crippen molar-refractivity contribution >= 4 is 29.1 Å². The average molecular weight is 479 g/mol. The van der Waals surface area contributed by atoms with Crippen LogP contribution in [0.2, 0.25) is 0 Å². The van der Waals surface area contributed by atoms with Crippen molar-refractivity contribution in [2.24, 2.45) is 0 Å². The smallest absolute Gasteiger partial charge is 0.326 e. The van der Waals surface area contributed by atoms with Gasteiger partial charge in [0.15, 0.2) is 5.82 Å². The number of rotatable bonds is 9. The van der Waals surface area contributed by atoms with E-state index in [2.05, 4.69) is 39.3 Å². The molecule has 3 heterocycles. The fourth-order valence-corrected chi connectivity index (χ4v) is 5.23. The second kappa shape index (κ2) is 12.1. The lowest BCUT2D eigenvalue weighted by molar-refractivity contribution is 0.102. The van der Waals surface area contributed by atoms with Crippen molar-refractivity contribution in [1.82, 2.24) is 20.1 Å². The number of hydrogen-bond donors (Lipinski definition) is 2. The van der Waals surface area contributed by atoms with Crippen LogP contribution in [0.1, 0.15) is 56.3 Å². The largest absolute Gasteiger partial charge is 0.336 e. The van der Waals surface area contributed by atoms with Crippen molar-refractivity contribution in [3.63, 3.8) is 0 Å². The Morgan fingerprint density at radius 2 is 1.89 bits per heavy atom. The first kappa shape index (κ1) is 25.1. The molecule has 3 amide bonds. The third-order valence-corrected chi connectivity index (χ3v) is 6.82. The van der Waals surface area contributed by atoms with Gasteiger partial charge in [-0.05, 0) is 69.6 Å². The van der Waals surface area contributed by atoms with Crippen LogP contribution in [0.4, 0.5) is 22.0 Å². The fourth-order valence-electron chi connectivity index (χ4n) is 5.23. The van der Waals surface area contributed by atoms with Gasteiger partial charge in [-0.1, -0.05) is 32.4 Å². The number of hydrogen-bond acceptors (Lipinski definition) is 5. The highest BCUT2D eigenvalue weighted by Crippen LogP contribution is 2.36. The van der Waals surface area contributed by atoms with Crippen LogP contribution in [0.25, 0.3) is 0 Å². The number of fused-ring (bicyclic) bond motifs is 2. The molecule has 1 aromatic carbocycles. The highest BCUT2D eigenvalue weighted by Gasteiger charge is 2.30. The summed E-state index contributed by atoms with van der Waals surface area (Å²) in [7, 11) is 0. The molecule has 0 saturated carbocycles. The number of carbonyl (C=O) groups is 2. The third-order valence-electron chi connectivity index (χ3n) is 6.82. The molecule has 1 atom stereocenters. The van der Waals surface area contributed by atoms with E-state index >= 15 is 0 Å². The van der Waals surface area contributed by atoms with Crippen molar-refractivity contribution in [2.45, 2.75) is 52.0 Å². The average Bonchev–Trinajstić information content (AvgIpc) is 2.99. The Kier molecular flexibility index (Phi) is 8.71. The minimum atomic E-state index is -0.268. The van der Waals surface area contributed by atoms with Gasteiger partial charge in [0.2, 0.25) is 0 Å². The first-order valence-corrected chi connectivity index (χ1v) is 13.0. The van der Waals surface area contributed by atoms with Crippen LogP contribution < -0.4 is 15.5 Å². The van der Waals surface area contributed by atoms with Crippen molar-refractivity contribution in [2.75, 3.05) is 49.5 Å². The molecule has 1 fully saturated rings. The van der Waals surface area contributed by atoms with Gasteiger partial charge in [0.25, 0.3) is 5.91 Å². The van der Waals surface area contributed by atoms with Crippen molar-refractivity contribution in [1.29, 1.82) is 0 Å². The Hall–Kier alpha value is -2.97. The van der Waals surface area contributed by atoms with E-state index in [1.54, 1.807) is 41.4 Å². The van der Waals surface area contributed by atoms with Crippen LogP contribution in [-0.4, -0.2) is 72.0 Å². The number of likely N-dealkylation sites (tertiary alicyclic amines) is 1. The molecule has 1 aromatic heterocycles. The highest BCUT2D eigenvalue weighted by atomic mass is 16.2. The van der Waals surface area contributed by atoms with Gasteiger partial charge in [0, 0.05) is 31.9 Å². The molecule has 2 N–H and O–H groups in total. The molecule has 0 radical (unpaired) electrons. The Morgan fingerprint density at radius 3 is 2.69 bits per heavy atom. The number of para-hydroxylation sites is 1. The Bertz CT molecular complexity index is 1010. The Morgan fingerprint density at radius 1 is 1.11 bits per heavy atom. The summed E-state index contributed by atoms with van der Waals surface area (Å²) in [5.74, 6) is 0.114. The van der Waals surface area contributed by atoms with Crippen molar-refractivity contribution in [3.8, 4) is 0 Å². The molecule has 0 bridgehead atoms. The number of nitrogens with zero attached hydrogens (tertiary/aromatic N) is 4. The number of pyridine rings is 1. The standard InChI is InChI=1S/C27H38N6O2/c1-3-16-31(17-4-2)20-21-10-7-8-18-32(21)19-15-29-27(35)33-23-12-6-5-11-22(23)26(34)30-25-24(33)13-9-14-28-25/h5-6,9,11-14,21H,3-4,7-8,10,15-20H2,1-2H3,(H,29,35)(H,28,30,34). The lowest BCUT2D eigenvalue weighted by Gasteiger charge is -2.39. The maximum absolute atomic E-state index is 13.5. The van der Waals surface area contributed by atoms with E-state index in [4.69, 9.17) is 0 Å². The van der Waals surface area contributed by atoms with Gasteiger partial charge in [0.1, 0.15) is 0 Å². The molecule has 2 aromatic rings. The van der Waals surface area contributed by atoms with Crippen LogP contribution in [0, 0.1) is 0 Å². The predicted molar refractivity (Wildman–Crippen MR) is 140 cm³/mol. The van der Waals surface area contributed by atoms with E-state index in [9.17, 15) is 9.59 Å². The van der Waals surface area contributed by atoms with E-state index in [1.807, 2.05) is 6.07 Å². The molecule has 2 aliphatic heterocycles. The van der Waals surface area contributed by atoms with Gasteiger partial charge in [-0.3, -0.25) is 14.6 Å². The van der Waals surface area contributed by atoms with Crippen LogP contribution in [0.3, 0.4) is 0 Å². The van der Waals surface area contributed by atoms with Gasteiger partial charge in [-0.15, -0.1) is 0 Å². The molecule has 0 aliphatic carbocycles. The summed E-state index contributed by atoms with van der Waals surface area (Å²) in [5.41, 5.74) is 1.57. The second-order valence-electron chi connectivity index (χ2n) is 9.40. The normalized spacial score (nSPS) is 18.0. The molecule has 8 nitrogen and oxygen atoms in total. The lowest BCUT2D eigenvalue weighted by Crippen LogP contribution is -2.50. The van der Waals surface area contributed by atoms with Gasteiger partial charge in [-0.2, -0.15) is 0 Å². The Balaban J connectivity index is 1.44. The molecule has 1 unspecified atom stereocenters. The van der Waals surface area contributed by atoms with Gasteiger partial charge < -0.3 is 15.5 Å². The maximum atomic E-state index is 13.5. The number of amides is 3. The number of piperidine rings is 1. The minimum Gasteiger partial charge on any atom is -0.336 e. The monoisotopic (exact) mass is 478 g/mol. The van der Waals surface area contributed by atoms with Crippen LogP contribution in [0.5, 0.6) is 0 Å². The van der Waals surface area contributed by atoms with E-state index < -0.39 is 0 Å². The van der Waals surface area contributed by atoms with Gasteiger partial charge in [0.05, 0.1) is 16.9 Å². The third kappa shape index (κ3) is 6.00. The summed E-state index contributed by atoms with van der Waals surface area (Å²) < 4.78 is 0. The van der Waals surface area contributed by atoms with Crippen LogP contribution in [0.15, 0.2) is 42.6 Å². The molecule has 35 heavy (non-hydrogen) atoms. The lowest BCUT2D eigenvalue weighted by atomic mass is 10.0. The number of carbonyl (C=O) groups excluding carboxylic acids is 2. The molecular weight excluding hydrogens is 440 g/mol. The number of aromatic nitrogens is 1. The van der Waals surface area contributed by atoms with E-state index in [0.29, 0.717) is 35.3 Å². The predicted octanol–water partition coefficient (Wildman–Crippen LogP) is 4.47. The first-order valence-electron chi connectivity index (χ1n) is 13.0. The number of anilines is 3. The maximum Gasteiger partial charge on any atom is 0.326 e. The molecule has 1 saturated heterocycles. The van der Waals surface area contributed by atoms with E-state index in [-0.39, 0.29) is 11.9 Å². The first-order chi connectivity index (χ1) is 17.1. The molecule has 4 rings (SSSR count). The zero-order chi connectivity index (χ0) is 24.6. The summed E-state index contributed by atoms with van der Waals surface area (Å²) in [6, 6.07) is 11.0. The number of benzene rings is 1. The zero-order valence-electron chi connectivity index (χ0n) is 21.0. The van der Waals surface area contributed by atoms with Crippen molar-refractivity contribution < 1.29 is 9.59 Å². The summed E-state index contributed by atoms with van der Waals surface area (Å²) >= 11 is 0. The molecule has 8 heteroatoms. The second-order valence-corrected chi connectivity index (χ2v) is 9.40. The molecule has 0 spiro atoms. The summed E-state index contributed by atoms with van der Waals surface area (Å²) in [4.78, 5) is 37.2. The quantitative estimate of drug-likeness (QED) is 0.556.